The van der Waals surface area contributed by atoms with Gasteiger partial charge in [-0.2, -0.15) is 9.90 Å². The fraction of sp³-hybridized carbons (Fsp3) is 0.0625. The van der Waals surface area contributed by atoms with Crippen LogP contribution in [0.4, 0.5) is 8.78 Å². The molecule has 0 spiro atoms. The van der Waals surface area contributed by atoms with Gasteiger partial charge in [-0.05, 0) is 17.3 Å². The van der Waals surface area contributed by atoms with Crippen LogP contribution in [0.2, 0.25) is 0 Å². The number of rotatable bonds is 5. The summed E-state index contributed by atoms with van der Waals surface area (Å²) in [6.07, 6.45) is 1.08. The monoisotopic (exact) mass is 342 g/mol. The second kappa shape index (κ2) is 7.39. The summed E-state index contributed by atoms with van der Waals surface area (Å²) in [5.41, 5.74) is 3.04. The molecule has 3 rings (SSSR count). The molecule has 126 valence electrons. The predicted molar refractivity (Wildman–Crippen MR) is 85.3 cm³/mol. The second-order valence-electron chi connectivity index (χ2n) is 4.97. The lowest BCUT2D eigenvalue weighted by Gasteiger charge is -1.99. The van der Waals surface area contributed by atoms with E-state index in [4.69, 9.17) is 0 Å². The topological polar surface area (TPSA) is 85.1 Å². The molecule has 1 amide bonds. The van der Waals surface area contributed by atoms with Gasteiger partial charge in [-0.25, -0.2) is 14.2 Å². The van der Waals surface area contributed by atoms with Crippen LogP contribution < -0.4 is 5.43 Å². The van der Waals surface area contributed by atoms with Gasteiger partial charge < -0.3 is 0 Å². The molecule has 0 bridgehead atoms. The van der Waals surface area contributed by atoms with Crippen molar-refractivity contribution in [3.8, 4) is 11.4 Å². The Morgan fingerprint density at radius 1 is 1.20 bits per heavy atom. The lowest BCUT2D eigenvalue weighted by Crippen LogP contribution is -2.24. The Morgan fingerprint density at radius 3 is 2.76 bits per heavy atom. The number of hydrogen-bond donors (Lipinski definition) is 1. The summed E-state index contributed by atoms with van der Waals surface area (Å²) < 4.78 is 26.2. The van der Waals surface area contributed by atoms with Crippen molar-refractivity contribution in [3.05, 3.63) is 65.7 Å². The van der Waals surface area contributed by atoms with E-state index in [2.05, 4.69) is 25.9 Å². The third-order valence-electron chi connectivity index (χ3n) is 3.13. The predicted octanol–water partition coefficient (Wildman–Crippen LogP) is 1.77. The van der Waals surface area contributed by atoms with Crippen molar-refractivity contribution >= 4 is 12.1 Å². The summed E-state index contributed by atoms with van der Waals surface area (Å²) in [5, 5.41) is 15.4. The third kappa shape index (κ3) is 4.28. The molecule has 3 aromatic rings. The van der Waals surface area contributed by atoms with Crippen LogP contribution >= 0.6 is 0 Å². The zero-order valence-corrected chi connectivity index (χ0v) is 12.8. The first-order valence-electron chi connectivity index (χ1n) is 7.22. The van der Waals surface area contributed by atoms with Gasteiger partial charge in [-0.1, -0.05) is 30.3 Å². The SMILES string of the molecule is O=C(Cn1nnc(-c2ccccc2)n1)NN=Cc1ccc(F)cc1F. The van der Waals surface area contributed by atoms with Gasteiger partial charge >= 0.3 is 0 Å². The molecule has 1 heterocycles. The number of benzene rings is 2. The molecule has 25 heavy (non-hydrogen) atoms. The molecule has 1 N–H and O–H groups in total. The number of nitrogens with one attached hydrogen (secondary N) is 1. The summed E-state index contributed by atoms with van der Waals surface area (Å²) >= 11 is 0. The first-order chi connectivity index (χ1) is 12.1. The van der Waals surface area contributed by atoms with E-state index in [1.165, 1.54) is 6.07 Å². The van der Waals surface area contributed by atoms with E-state index in [1.807, 2.05) is 30.3 Å². The molecular weight excluding hydrogens is 330 g/mol. The molecule has 0 fully saturated rings. The fourth-order valence-corrected chi connectivity index (χ4v) is 1.96. The Balaban J connectivity index is 1.58. The van der Waals surface area contributed by atoms with E-state index in [-0.39, 0.29) is 12.1 Å². The normalized spacial score (nSPS) is 11.0. The van der Waals surface area contributed by atoms with Gasteiger partial charge in [0.25, 0.3) is 5.91 Å². The second-order valence-corrected chi connectivity index (χ2v) is 4.97. The molecule has 0 saturated heterocycles. The summed E-state index contributed by atoms with van der Waals surface area (Å²) in [5.74, 6) is -1.59. The first kappa shape index (κ1) is 16.4. The van der Waals surface area contributed by atoms with Crippen LogP contribution in [0, 0.1) is 11.6 Å². The number of hydrogen-bond acceptors (Lipinski definition) is 5. The van der Waals surface area contributed by atoms with Crippen LogP contribution in [0.1, 0.15) is 5.56 Å². The molecule has 0 unspecified atom stereocenters. The highest BCUT2D eigenvalue weighted by atomic mass is 19.1. The number of aromatic nitrogens is 4. The lowest BCUT2D eigenvalue weighted by molar-refractivity contribution is -0.122. The quantitative estimate of drug-likeness (QED) is 0.566. The molecule has 7 nitrogen and oxygen atoms in total. The lowest BCUT2D eigenvalue weighted by atomic mass is 10.2. The number of nitrogens with zero attached hydrogens (tertiary/aromatic N) is 5. The maximum atomic E-state index is 13.4. The van der Waals surface area contributed by atoms with E-state index in [1.54, 1.807) is 0 Å². The number of carbonyl (C=O) groups is 1. The van der Waals surface area contributed by atoms with Gasteiger partial charge in [0.05, 0.1) is 6.21 Å². The van der Waals surface area contributed by atoms with Crippen LogP contribution in [0.5, 0.6) is 0 Å². The van der Waals surface area contributed by atoms with E-state index in [9.17, 15) is 13.6 Å². The Bertz CT molecular complexity index is 910. The highest BCUT2D eigenvalue weighted by Crippen LogP contribution is 2.11. The van der Waals surface area contributed by atoms with Crippen LogP contribution in [-0.4, -0.2) is 32.3 Å². The molecule has 0 aliphatic heterocycles. The molecule has 2 aromatic carbocycles. The van der Waals surface area contributed by atoms with E-state index in [0.29, 0.717) is 5.82 Å². The summed E-state index contributed by atoms with van der Waals surface area (Å²) in [4.78, 5) is 12.9. The summed E-state index contributed by atoms with van der Waals surface area (Å²) in [6, 6.07) is 12.2. The van der Waals surface area contributed by atoms with E-state index in [0.717, 1.165) is 28.7 Å². The third-order valence-corrected chi connectivity index (χ3v) is 3.13. The Hall–Kier alpha value is -3.49. The zero-order chi connectivity index (χ0) is 17.6. The van der Waals surface area contributed by atoms with E-state index < -0.39 is 17.5 Å². The van der Waals surface area contributed by atoms with Crippen molar-refractivity contribution in [2.24, 2.45) is 5.10 Å². The van der Waals surface area contributed by atoms with Gasteiger partial charge in [0.15, 0.2) is 0 Å². The summed E-state index contributed by atoms with van der Waals surface area (Å²) in [6.45, 7) is -0.205. The first-order valence-corrected chi connectivity index (χ1v) is 7.22. The maximum absolute atomic E-state index is 13.4. The van der Waals surface area contributed by atoms with Crippen LogP contribution in [0.25, 0.3) is 11.4 Å². The van der Waals surface area contributed by atoms with Crippen molar-refractivity contribution in [2.75, 3.05) is 0 Å². The zero-order valence-electron chi connectivity index (χ0n) is 12.8. The van der Waals surface area contributed by atoms with Crippen LogP contribution in [0.3, 0.4) is 0 Å². The number of carbonyl (C=O) groups excluding carboxylic acids is 1. The minimum atomic E-state index is -0.775. The molecule has 1 aromatic heterocycles. The van der Waals surface area contributed by atoms with Crippen molar-refractivity contribution in [1.29, 1.82) is 0 Å². The molecule has 0 radical (unpaired) electrons. The molecule has 0 saturated carbocycles. The molecule has 0 aliphatic carbocycles. The Labute approximate surface area is 141 Å². The highest BCUT2D eigenvalue weighted by molar-refractivity contribution is 5.82. The van der Waals surface area contributed by atoms with Crippen molar-refractivity contribution < 1.29 is 13.6 Å². The van der Waals surface area contributed by atoms with Gasteiger partial charge in [0.2, 0.25) is 5.82 Å². The molecule has 0 aliphatic rings. The fourth-order valence-electron chi connectivity index (χ4n) is 1.96. The van der Waals surface area contributed by atoms with Crippen LogP contribution in [-0.2, 0) is 11.3 Å². The van der Waals surface area contributed by atoms with E-state index >= 15 is 0 Å². The Morgan fingerprint density at radius 2 is 2.00 bits per heavy atom. The minimum absolute atomic E-state index is 0.0481. The van der Waals surface area contributed by atoms with Crippen molar-refractivity contribution in [1.82, 2.24) is 25.6 Å². The molecular formula is C16H12F2N6O. The van der Waals surface area contributed by atoms with Crippen molar-refractivity contribution in [2.45, 2.75) is 6.54 Å². The number of amides is 1. The van der Waals surface area contributed by atoms with Crippen LogP contribution in [0.15, 0.2) is 53.6 Å². The average molecular weight is 342 g/mol. The summed E-state index contributed by atoms with van der Waals surface area (Å²) in [7, 11) is 0. The van der Waals surface area contributed by atoms with Gasteiger partial charge in [0.1, 0.15) is 18.2 Å². The largest absolute Gasteiger partial charge is 0.271 e. The number of hydrazone groups is 1. The maximum Gasteiger partial charge on any atom is 0.263 e. The van der Waals surface area contributed by atoms with Crippen molar-refractivity contribution in [3.63, 3.8) is 0 Å². The molecule has 9 heteroatoms. The van der Waals surface area contributed by atoms with Gasteiger partial charge in [0, 0.05) is 17.2 Å². The smallest absolute Gasteiger partial charge is 0.263 e. The van der Waals surface area contributed by atoms with Gasteiger partial charge in [-0.15, -0.1) is 10.2 Å². The number of halogens is 2. The average Bonchev–Trinajstić information content (AvgIpc) is 3.06. The standard InChI is InChI=1S/C16H12F2N6O/c17-13-7-6-12(14(18)8-13)9-19-20-15(25)10-24-22-16(21-23-24)11-4-2-1-3-5-11/h1-9H,10H2,(H,20,25). The molecule has 0 atom stereocenters. The van der Waals surface area contributed by atoms with Gasteiger partial charge in [-0.3, -0.25) is 4.79 Å². The minimum Gasteiger partial charge on any atom is -0.271 e. The Kier molecular flexibility index (Phi) is 4.84. The highest BCUT2D eigenvalue weighted by Gasteiger charge is 2.08. The number of tetrazole rings is 1.